The summed E-state index contributed by atoms with van der Waals surface area (Å²) >= 11 is 1.47. The van der Waals surface area contributed by atoms with Crippen molar-refractivity contribution in [2.45, 2.75) is 17.7 Å². The molecule has 0 aliphatic heterocycles. The maximum Gasteiger partial charge on any atom is 0.222 e. The number of benzene rings is 1. The van der Waals surface area contributed by atoms with Crippen molar-refractivity contribution < 1.29 is 9.59 Å². The van der Waals surface area contributed by atoms with Crippen molar-refractivity contribution in [2.75, 3.05) is 5.32 Å². The third kappa shape index (κ3) is 4.55. The SMILES string of the molecule is CC(=O)Nc1cc(CSc2ncccc2C(=O)c2cc[c]cc2)ccn1. The van der Waals surface area contributed by atoms with Gasteiger partial charge >= 0.3 is 0 Å². The highest BCUT2D eigenvalue weighted by molar-refractivity contribution is 7.98. The van der Waals surface area contributed by atoms with Gasteiger partial charge in [-0.25, -0.2) is 9.97 Å². The number of thioether (sulfide) groups is 1. The summed E-state index contributed by atoms with van der Waals surface area (Å²) in [6.45, 7) is 1.44. The van der Waals surface area contributed by atoms with E-state index in [1.807, 2.05) is 12.1 Å². The molecule has 1 aromatic carbocycles. The standard InChI is InChI=1S/C20H16N3O2S/c1-14(24)23-18-12-15(9-11-21-18)13-26-20-17(8-5-10-22-20)19(25)16-6-3-2-4-7-16/h3-12H,13H2,1H3,(H,21,23,24). The molecule has 0 spiro atoms. The molecule has 0 aliphatic rings. The first-order chi connectivity index (χ1) is 12.6. The van der Waals surface area contributed by atoms with E-state index >= 15 is 0 Å². The second-order valence-corrected chi connectivity index (χ2v) is 6.46. The zero-order valence-electron chi connectivity index (χ0n) is 14.1. The Labute approximate surface area is 155 Å². The molecule has 3 aromatic rings. The number of amides is 1. The van der Waals surface area contributed by atoms with Crippen LogP contribution in [-0.2, 0) is 10.5 Å². The molecule has 1 radical (unpaired) electrons. The van der Waals surface area contributed by atoms with Gasteiger partial charge in [0.15, 0.2) is 5.78 Å². The lowest BCUT2D eigenvalue weighted by Gasteiger charge is -2.08. The number of nitrogens with one attached hydrogen (secondary N) is 1. The highest BCUT2D eigenvalue weighted by Crippen LogP contribution is 2.26. The minimum absolute atomic E-state index is 0.0664. The molecule has 2 heterocycles. The van der Waals surface area contributed by atoms with E-state index in [1.165, 1.54) is 18.7 Å². The number of ketones is 1. The summed E-state index contributed by atoms with van der Waals surface area (Å²) in [7, 11) is 0. The van der Waals surface area contributed by atoms with Crippen molar-refractivity contribution >= 4 is 29.3 Å². The molecule has 129 valence electrons. The molecule has 0 unspecified atom stereocenters. The molecular formula is C20H16N3O2S. The first-order valence-corrected chi connectivity index (χ1v) is 8.93. The number of anilines is 1. The van der Waals surface area contributed by atoms with Crippen molar-refractivity contribution in [2.24, 2.45) is 0 Å². The van der Waals surface area contributed by atoms with Gasteiger partial charge in [0.25, 0.3) is 0 Å². The molecule has 6 heteroatoms. The van der Waals surface area contributed by atoms with E-state index in [-0.39, 0.29) is 11.7 Å². The van der Waals surface area contributed by atoms with Crippen molar-refractivity contribution in [3.8, 4) is 0 Å². The van der Waals surface area contributed by atoms with Crippen molar-refractivity contribution in [3.05, 3.63) is 83.7 Å². The minimum atomic E-state index is -0.167. The smallest absolute Gasteiger partial charge is 0.222 e. The molecule has 5 nitrogen and oxygen atoms in total. The van der Waals surface area contributed by atoms with Crippen molar-refractivity contribution in [1.82, 2.24) is 9.97 Å². The Morgan fingerprint density at radius 2 is 1.92 bits per heavy atom. The summed E-state index contributed by atoms with van der Waals surface area (Å²) < 4.78 is 0. The fourth-order valence-corrected chi connectivity index (χ4v) is 3.27. The maximum absolute atomic E-state index is 12.7. The summed E-state index contributed by atoms with van der Waals surface area (Å²) in [4.78, 5) is 32.3. The van der Waals surface area contributed by atoms with E-state index in [0.29, 0.717) is 27.7 Å². The van der Waals surface area contributed by atoms with Crippen LogP contribution in [0.3, 0.4) is 0 Å². The third-order valence-corrected chi connectivity index (χ3v) is 4.58. The molecule has 0 aliphatic carbocycles. The number of rotatable bonds is 6. The van der Waals surface area contributed by atoms with Gasteiger partial charge in [0, 0.05) is 30.6 Å². The fourth-order valence-electron chi connectivity index (χ4n) is 2.34. The zero-order chi connectivity index (χ0) is 18.4. The van der Waals surface area contributed by atoms with Crippen molar-refractivity contribution in [3.63, 3.8) is 0 Å². The first-order valence-electron chi connectivity index (χ1n) is 7.94. The van der Waals surface area contributed by atoms with Crippen molar-refractivity contribution in [1.29, 1.82) is 0 Å². The van der Waals surface area contributed by atoms with Crippen LogP contribution in [0.4, 0.5) is 5.82 Å². The van der Waals surface area contributed by atoms with Gasteiger partial charge in [0.05, 0.1) is 5.56 Å². The summed E-state index contributed by atoms with van der Waals surface area (Å²) in [5.41, 5.74) is 2.16. The monoisotopic (exact) mass is 362 g/mol. The zero-order valence-corrected chi connectivity index (χ0v) is 14.9. The van der Waals surface area contributed by atoms with E-state index in [9.17, 15) is 9.59 Å². The highest BCUT2D eigenvalue weighted by atomic mass is 32.2. The largest absolute Gasteiger partial charge is 0.311 e. The van der Waals surface area contributed by atoms with Crippen LogP contribution in [0.25, 0.3) is 0 Å². The summed E-state index contributed by atoms with van der Waals surface area (Å²) in [6.07, 6.45) is 3.32. The van der Waals surface area contributed by atoms with Crippen LogP contribution < -0.4 is 5.32 Å². The van der Waals surface area contributed by atoms with Crippen LogP contribution in [0.15, 0.2) is 66.0 Å². The van der Waals surface area contributed by atoms with Gasteiger partial charge in [0.2, 0.25) is 5.91 Å². The summed E-state index contributed by atoms with van der Waals surface area (Å²) in [5, 5.41) is 3.33. The second kappa shape index (κ2) is 8.40. The molecule has 0 bridgehead atoms. The lowest BCUT2D eigenvalue weighted by Crippen LogP contribution is -2.07. The van der Waals surface area contributed by atoms with E-state index in [2.05, 4.69) is 21.4 Å². The van der Waals surface area contributed by atoms with Crippen LogP contribution >= 0.6 is 11.8 Å². The van der Waals surface area contributed by atoms with Gasteiger partial charge in [-0.2, -0.15) is 0 Å². The van der Waals surface area contributed by atoms with Crippen LogP contribution in [0.2, 0.25) is 0 Å². The Morgan fingerprint density at radius 1 is 1.12 bits per heavy atom. The van der Waals surface area contributed by atoms with Crippen LogP contribution in [0.5, 0.6) is 0 Å². The minimum Gasteiger partial charge on any atom is -0.311 e. The topological polar surface area (TPSA) is 72.0 Å². The van der Waals surface area contributed by atoms with Gasteiger partial charge in [-0.15, -0.1) is 11.8 Å². The van der Waals surface area contributed by atoms with E-state index in [4.69, 9.17) is 0 Å². The van der Waals surface area contributed by atoms with E-state index < -0.39 is 0 Å². The Bertz CT molecular complexity index is 929. The normalized spacial score (nSPS) is 10.3. The van der Waals surface area contributed by atoms with Crippen LogP contribution in [0.1, 0.15) is 28.4 Å². The lowest BCUT2D eigenvalue weighted by atomic mass is 10.1. The molecule has 1 N–H and O–H groups in total. The van der Waals surface area contributed by atoms with E-state index in [1.54, 1.807) is 48.8 Å². The number of aromatic nitrogens is 2. The molecule has 0 saturated carbocycles. The Hall–Kier alpha value is -2.99. The highest BCUT2D eigenvalue weighted by Gasteiger charge is 2.14. The van der Waals surface area contributed by atoms with Crippen LogP contribution in [-0.4, -0.2) is 21.7 Å². The molecule has 2 aromatic heterocycles. The molecular weight excluding hydrogens is 346 g/mol. The number of pyridine rings is 2. The number of carbonyl (C=O) groups is 2. The van der Waals surface area contributed by atoms with E-state index in [0.717, 1.165) is 5.56 Å². The Kier molecular flexibility index (Phi) is 5.76. The van der Waals surface area contributed by atoms with Gasteiger partial charge in [-0.1, -0.05) is 24.3 Å². The maximum atomic E-state index is 12.7. The Morgan fingerprint density at radius 3 is 2.69 bits per heavy atom. The molecule has 0 atom stereocenters. The molecule has 0 saturated heterocycles. The first kappa shape index (κ1) is 17.8. The third-order valence-electron chi connectivity index (χ3n) is 3.50. The lowest BCUT2D eigenvalue weighted by molar-refractivity contribution is -0.114. The number of hydrogen-bond acceptors (Lipinski definition) is 5. The van der Waals surface area contributed by atoms with Crippen LogP contribution in [0, 0.1) is 6.07 Å². The molecule has 3 rings (SSSR count). The molecule has 0 fully saturated rings. The summed E-state index contributed by atoms with van der Waals surface area (Å²) in [6, 6.07) is 17.1. The average Bonchev–Trinajstić information content (AvgIpc) is 2.66. The van der Waals surface area contributed by atoms with Gasteiger partial charge in [0.1, 0.15) is 10.8 Å². The average molecular weight is 362 g/mol. The second-order valence-electron chi connectivity index (χ2n) is 5.49. The predicted molar refractivity (Wildman–Crippen MR) is 101 cm³/mol. The van der Waals surface area contributed by atoms with Gasteiger partial charge in [-0.05, 0) is 35.9 Å². The number of hydrogen-bond donors (Lipinski definition) is 1. The Balaban J connectivity index is 1.77. The quantitative estimate of drug-likeness (QED) is 0.534. The molecule has 1 amide bonds. The predicted octanol–water partition coefficient (Wildman–Crippen LogP) is 3.76. The number of nitrogens with zero attached hydrogens (tertiary/aromatic N) is 2. The van der Waals surface area contributed by atoms with Gasteiger partial charge in [-0.3, -0.25) is 9.59 Å². The van der Waals surface area contributed by atoms with Gasteiger partial charge < -0.3 is 5.32 Å². The fraction of sp³-hybridized carbons (Fsp3) is 0.100. The summed E-state index contributed by atoms with van der Waals surface area (Å²) in [5.74, 6) is 0.881. The number of carbonyl (C=O) groups excluding carboxylic acids is 2. The molecule has 26 heavy (non-hydrogen) atoms.